The van der Waals surface area contributed by atoms with Crippen molar-refractivity contribution in [2.24, 2.45) is 0 Å². The van der Waals surface area contributed by atoms with Gasteiger partial charge in [0.15, 0.2) is 5.78 Å². The normalized spacial score (nSPS) is 19.8. The first-order chi connectivity index (χ1) is 10.9. The summed E-state index contributed by atoms with van der Waals surface area (Å²) < 4.78 is 0.513. The molecule has 0 spiro atoms. The summed E-state index contributed by atoms with van der Waals surface area (Å²) in [7, 11) is 0. The second-order valence-corrected chi connectivity index (χ2v) is 7.49. The molecule has 0 aliphatic carbocycles. The van der Waals surface area contributed by atoms with Crippen LogP contribution in [0.2, 0.25) is 0 Å². The van der Waals surface area contributed by atoms with Gasteiger partial charge in [0.05, 0.1) is 9.16 Å². The number of nitro benzene ring substituents is 1. The molecule has 8 heteroatoms. The van der Waals surface area contributed by atoms with Crippen LogP contribution in [0.25, 0.3) is 6.08 Å². The molecule has 120 valence electrons. The van der Waals surface area contributed by atoms with Crippen molar-refractivity contribution in [2.75, 3.05) is 5.75 Å². The third-order valence-corrected chi connectivity index (χ3v) is 5.90. The standard InChI is InChI=1S/C15H13NO5S2/c1-9-8-22-15(23-9)13(14(18)19)12(17)6-5-10-3-2-4-11(7-10)16(20)21/h2-7,9H,8H2,1H3,(H,18,19)/b6-5+,15-13+. The largest absolute Gasteiger partial charge is 0.477 e. The lowest BCUT2D eigenvalue weighted by atomic mass is 10.1. The number of nitrogens with zero attached hydrogens (tertiary/aromatic N) is 1. The van der Waals surface area contributed by atoms with Gasteiger partial charge in [0.1, 0.15) is 5.57 Å². The van der Waals surface area contributed by atoms with E-state index in [-0.39, 0.29) is 16.5 Å². The van der Waals surface area contributed by atoms with Gasteiger partial charge in [-0.25, -0.2) is 4.79 Å². The fourth-order valence-corrected chi connectivity index (χ4v) is 4.70. The van der Waals surface area contributed by atoms with E-state index < -0.39 is 16.7 Å². The highest BCUT2D eigenvalue weighted by Gasteiger charge is 2.27. The number of rotatable bonds is 5. The second-order valence-electron chi connectivity index (χ2n) is 4.76. The van der Waals surface area contributed by atoms with E-state index in [9.17, 15) is 24.8 Å². The van der Waals surface area contributed by atoms with Gasteiger partial charge in [-0.3, -0.25) is 14.9 Å². The Kier molecular flexibility index (Phi) is 5.62. The molecule has 2 rings (SSSR count). The Morgan fingerprint density at radius 1 is 1.43 bits per heavy atom. The van der Waals surface area contributed by atoms with Crippen LogP contribution in [0.5, 0.6) is 0 Å². The first-order valence-electron chi connectivity index (χ1n) is 6.62. The lowest BCUT2D eigenvalue weighted by molar-refractivity contribution is -0.384. The number of carbonyl (C=O) groups excluding carboxylic acids is 1. The Hall–Kier alpha value is -2.06. The van der Waals surface area contributed by atoms with Gasteiger partial charge in [-0.1, -0.05) is 25.1 Å². The van der Waals surface area contributed by atoms with Crippen LogP contribution >= 0.6 is 23.5 Å². The number of nitro groups is 1. The van der Waals surface area contributed by atoms with Crippen LogP contribution < -0.4 is 0 Å². The minimum Gasteiger partial charge on any atom is -0.477 e. The van der Waals surface area contributed by atoms with E-state index in [2.05, 4.69) is 0 Å². The van der Waals surface area contributed by atoms with Crippen LogP contribution in [0.1, 0.15) is 12.5 Å². The zero-order valence-electron chi connectivity index (χ0n) is 12.1. The molecule has 1 fully saturated rings. The molecule has 1 saturated heterocycles. The second kappa shape index (κ2) is 7.47. The van der Waals surface area contributed by atoms with Crippen molar-refractivity contribution in [3.8, 4) is 0 Å². The average Bonchev–Trinajstić information content (AvgIpc) is 2.91. The highest BCUT2D eigenvalue weighted by Crippen LogP contribution is 2.43. The van der Waals surface area contributed by atoms with Crippen LogP contribution in [0.4, 0.5) is 5.69 Å². The smallest absolute Gasteiger partial charge is 0.341 e. The molecule has 0 radical (unpaired) electrons. The van der Waals surface area contributed by atoms with E-state index >= 15 is 0 Å². The van der Waals surface area contributed by atoms with E-state index in [1.54, 1.807) is 6.07 Å². The first-order valence-corrected chi connectivity index (χ1v) is 8.49. The molecular weight excluding hydrogens is 338 g/mol. The molecule has 1 atom stereocenters. The monoisotopic (exact) mass is 351 g/mol. The van der Waals surface area contributed by atoms with Crippen LogP contribution in [0.15, 0.2) is 40.2 Å². The molecular formula is C15H13NO5S2. The van der Waals surface area contributed by atoms with Crippen molar-refractivity contribution < 1.29 is 19.6 Å². The maximum atomic E-state index is 12.2. The summed E-state index contributed by atoms with van der Waals surface area (Å²) >= 11 is 2.74. The van der Waals surface area contributed by atoms with E-state index in [4.69, 9.17) is 0 Å². The molecule has 1 aromatic carbocycles. The molecule has 6 nitrogen and oxygen atoms in total. The van der Waals surface area contributed by atoms with Crippen molar-refractivity contribution in [3.05, 3.63) is 55.8 Å². The molecule has 1 heterocycles. The van der Waals surface area contributed by atoms with Crippen LogP contribution in [-0.2, 0) is 9.59 Å². The Balaban J connectivity index is 2.24. The van der Waals surface area contributed by atoms with Crippen LogP contribution in [-0.4, -0.2) is 32.8 Å². The SMILES string of the molecule is CC1CS/C(=C(\C(=O)O)C(=O)/C=C/c2cccc([N+](=O)[O-])c2)S1. The van der Waals surface area contributed by atoms with Gasteiger partial charge in [0.2, 0.25) is 0 Å². The lowest BCUT2D eigenvalue weighted by Gasteiger charge is -2.02. The number of carbonyl (C=O) groups is 2. The maximum Gasteiger partial charge on any atom is 0.341 e. The van der Waals surface area contributed by atoms with Gasteiger partial charge in [0, 0.05) is 23.1 Å². The fraction of sp³-hybridized carbons (Fsp3) is 0.200. The van der Waals surface area contributed by atoms with Crippen molar-refractivity contribution in [2.45, 2.75) is 12.2 Å². The van der Waals surface area contributed by atoms with E-state index in [1.165, 1.54) is 47.8 Å². The fourth-order valence-electron chi connectivity index (χ4n) is 1.87. The summed E-state index contributed by atoms with van der Waals surface area (Å²) in [5.74, 6) is -1.12. The lowest BCUT2D eigenvalue weighted by Crippen LogP contribution is -2.11. The van der Waals surface area contributed by atoms with Gasteiger partial charge < -0.3 is 5.11 Å². The van der Waals surface area contributed by atoms with Crippen molar-refractivity contribution >= 4 is 47.0 Å². The van der Waals surface area contributed by atoms with E-state index in [0.29, 0.717) is 9.80 Å². The number of hydrogen-bond acceptors (Lipinski definition) is 6. The van der Waals surface area contributed by atoms with Gasteiger partial charge in [-0.15, -0.1) is 23.5 Å². The summed E-state index contributed by atoms with van der Waals surface area (Å²) in [5.41, 5.74) is 0.126. The Morgan fingerprint density at radius 3 is 2.74 bits per heavy atom. The molecule has 1 aliphatic rings. The van der Waals surface area contributed by atoms with Crippen molar-refractivity contribution in [1.82, 2.24) is 0 Å². The van der Waals surface area contributed by atoms with Gasteiger partial charge >= 0.3 is 5.97 Å². The highest BCUT2D eigenvalue weighted by atomic mass is 32.2. The molecule has 0 bridgehead atoms. The molecule has 0 saturated carbocycles. The van der Waals surface area contributed by atoms with Crippen molar-refractivity contribution in [3.63, 3.8) is 0 Å². The Labute approximate surface area is 140 Å². The first kappa shape index (κ1) is 17.3. The molecule has 1 aromatic rings. The summed E-state index contributed by atoms with van der Waals surface area (Å²) in [5, 5.41) is 20.3. The van der Waals surface area contributed by atoms with Gasteiger partial charge in [-0.2, -0.15) is 0 Å². The number of thioether (sulfide) groups is 2. The van der Waals surface area contributed by atoms with E-state index in [0.717, 1.165) is 11.8 Å². The third-order valence-electron chi connectivity index (χ3n) is 2.93. The third kappa shape index (κ3) is 4.46. The quantitative estimate of drug-likeness (QED) is 0.286. The zero-order chi connectivity index (χ0) is 17.0. The number of allylic oxidation sites excluding steroid dienone is 1. The number of non-ortho nitro benzene ring substituents is 1. The van der Waals surface area contributed by atoms with Gasteiger partial charge in [-0.05, 0) is 11.6 Å². The molecule has 1 unspecified atom stereocenters. The van der Waals surface area contributed by atoms with Crippen LogP contribution in [0, 0.1) is 10.1 Å². The minimum absolute atomic E-state index is 0.0906. The highest BCUT2D eigenvalue weighted by molar-refractivity contribution is 8.25. The maximum absolute atomic E-state index is 12.2. The predicted molar refractivity (Wildman–Crippen MR) is 91.3 cm³/mol. The van der Waals surface area contributed by atoms with Crippen LogP contribution in [0.3, 0.4) is 0 Å². The molecule has 1 N–H and O–H groups in total. The number of ketones is 1. The Bertz CT molecular complexity index is 726. The number of benzene rings is 1. The number of carboxylic acids is 1. The average molecular weight is 351 g/mol. The minimum atomic E-state index is -1.26. The number of hydrogen-bond donors (Lipinski definition) is 1. The number of carboxylic acid groups (broad SMARTS) is 1. The van der Waals surface area contributed by atoms with E-state index in [1.807, 2.05) is 6.92 Å². The van der Waals surface area contributed by atoms with Crippen molar-refractivity contribution in [1.29, 1.82) is 0 Å². The van der Waals surface area contributed by atoms with Gasteiger partial charge in [0.25, 0.3) is 5.69 Å². The summed E-state index contributed by atoms with van der Waals surface area (Å²) in [6, 6.07) is 5.77. The summed E-state index contributed by atoms with van der Waals surface area (Å²) in [6.07, 6.45) is 2.52. The molecule has 0 aromatic heterocycles. The predicted octanol–water partition coefficient (Wildman–Crippen LogP) is 3.34. The Morgan fingerprint density at radius 2 is 2.17 bits per heavy atom. The molecule has 0 amide bonds. The summed E-state index contributed by atoms with van der Waals surface area (Å²) in [6.45, 7) is 1.97. The topological polar surface area (TPSA) is 97.5 Å². The molecule has 1 aliphatic heterocycles. The number of aliphatic carboxylic acids is 1. The molecule has 23 heavy (non-hydrogen) atoms. The zero-order valence-corrected chi connectivity index (χ0v) is 13.7. The summed E-state index contributed by atoms with van der Waals surface area (Å²) in [4.78, 5) is 33.7.